The molecule has 0 bridgehead atoms. The Morgan fingerprint density at radius 3 is 2.62 bits per heavy atom. The highest BCUT2D eigenvalue weighted by atomic mass is 32.2. The second-order valence-electron chi connectivity index (χ2n) is 6.88. The molecule has 1 aliphatic rings. The molecule has 1 aromatic carbocycles. The van der Waals surface area contributed by atoms with Gasteiger partial charge in [0.25, 0.3) is 0 Å². The second-order valence-corrected chi connectivity index (χ2v) is 8.77. The van der Waals surface area contributed by atoms with Gasteiger partial charge in [0.15, 0.2) is 11.5 Å². The largest absolute Gasteiger partial charge is 0.316 e. The third-order valence-electron chi connectivity index (χ3n) is 5.14. The number of hydrogen-bond donors (Lipinski definition) is 2. The summed E-state index contributed by atoms with van der Waals surface area (Å²) >= 11 is 0. The van der Waals surface area contributed by atoms with Crippen molar-refractivity contribution in [1.29, 1.82) is 0 Å². The summed E-state index contributed by atoms with van der Waals surface area (Å²) in [7, 11) is -3.86. The number of sulfonamides is 1. The lowest BCUT2D eigenvalue weighted by atomic mass is 10.2. The van der Waals surface area contributed by atoms with Crippen LogP contribution in [0.4, 0.5) is 0 Å². The van der Waals surface area contributed by atoms with Crippen molar-refractivity contribution in [2.24, 2.45) is 0 Å². The quantitative estimate of drug-likeness (QED) is 0.478. The summed E-state index contributed by atoms with van der Waals surface area (Å²) in [6, 6.07) is 9.30. The first-order valence-electron chi connectivity index (χ1n) is 9.03. The molecule has 0 aliphatic carbocycles. The molecule has 1 atom stereocenters. The number of nitrogens with one attached hydrogen (secondary N) is 2. The van der Waals surface area contributed by atoms with E-state index in [9.17, 15) is 18.0 Å². The molecule has 29 heavy (non-hydrogen) atoms. The zero-order chi connectivity index (χ0) is 20.2. The number of pyridine rings is 1. The Morgan fingerprint density at radius 2 is 1.79 bits per heavy atom. The number of rotatable bonds is 3. The van der Waals surface area contributed by atoms with Crippen LogP contribution in [-0.2, 0) is 10.0 Å². The maximum atomic E-state index is 13.4. The number of benzene rings is 1. The minimum Gasteiger partial charge on any atom is -0.316 e. The second kappa shape index (κ2) is 6.36. The van der Waals surface area contributed by atoms with Crippen molar-refractivity contribution in [3.8, 4) is 0 Å². The molecular formula is C18H16N6O4S. The Kier molecular flexibility index (Phi) is 3.89. The van der Waals surface area contributed by atoms with Gasteiger partial charge in [0.2, 0.25) is 10.0 Å². The fourth-order valence-corrected chi connectivity index (χ4v) is 5.44. The van der Waals surface area contributed by atoms with Gasteiger partial charge in [-0.15, -0.1) is 10.2 Å². The molecule has 148 valence electrons. The maximum Gasteiger partial charge on any atom is 0.314 e. The van der Waals surface area contributed by atoms with E-state index in [-0.39, 0.29) is 10.4 Å². The summed E-state index contributed by atoms with van der Waals surface area (Å²) in [6.07, 6.45) is 3.14. The highest BCUT2D eigenvalue weighted by Crippen LogP contribution is 2.36. The lowest BCUT2D eigenvalue weighted by molar-refractivity contribution is 0.381. The van der Waals surface area contributed by atoms with Crippen LogP contribution in [0.25, 0.3) is 16.7 Å². The number of aromatic amines is 2. The van der Waals surface area contributed by atoms with E-state index in [0.717, 1.165) is 0 Å². The van der Waals surface area contributed by atoms with Crippen LogP contribution in [0.2, 0.25) is 0 Å². The van der Waals surface area contributed by atoms with Crippen molar-refractivity contribution in [3.63, 3.8) is 0 Å². The Labute approximate surface area is 163 Å². The Bertz CT molecular complexity index is 1470. The third kappa shape index (κ3) is 2.77. The van der Waals surface area contributed by atoms with Crippen molar-refractivity contribution < 1.29 is 8.42 Å². The van der Waals surface area contributed by atoms with Crippen molar-refractivity contribution >= 4 is 26.7 Å². The van der Waals surface area contributed by atoms with Crippen LogP contribution in [0.3, 0.4) is 0 Å². The number of aromatic nitrogens is 5. The van der Waals surface area contributed by atoms with E-state index in [2.05, 4.69) is 20.2 Å². The lowest BCUT2D eigenvalue weighted by Gasteiger charge is -2.23. The monoisotopic (exact) mass is 412 g/mol. The SMILES string of the molecule is O=c1[nH]c2ccc(S(=O)(=O)N3CCC[C@@H]3c3nnc4ccccn34)cc2[nH]c1=O. The Balaban J connectivity index is 1.60. The van der Waals surface area contributed by atoms with Gasteiger partial charge < -0.3 is 9.97 Å². The fraction of sp³-hybridized carbons (Fsp3) is 0.222. The van der Waals surface area contributed by atoms with Gasteiger partial charge in [-0.1, -0.05) is 6.07 Å². The predicted octanol–water partition coefficient (Wildman–Crippen LogP) is 0.785. The van der Waals surface area contributed by atoms with Crippen LogP contribution in [-0.4, -0.2) is 43.8 Å². The molecule has 4 heterocycles. The van der Waals surface area contributed by atoms with E-state index in [0.29, 0.717) is 36.4 Å². The topological polar surface area (TPSA) is 133 Å². The van der Waals surface area contributed by atoms with Crippen LogP contribution in [0.5, 0.6) is 0 Å². The van der Waals surface area contributed by atoms with Gasteiger partial charge in [-0.25, -0.2) is 8.42 Å². The van der Waals surface area contributed by atoms with Crippen molar-refractivity contribution in [2.75, 3.05) is 6.54 Å². The van der Waals surface area contributed by atoms with Crippen LogP contribution >= 0.6 is 0 Å². The molecule has 1 fully saturated rings. The van der Waals surface area contributed by atoms with Gasteiger partial charge in [0.05, 0.1) is 22.0 Å². The first-order valence-corrected chi connectivity index (χ1v) is 10.5. The van der Waals surface area contributed by atoms with Crippen molar-refractivity contribution in [3.05, 3.63) is 69.1 Å². The standard InChI is InChI=1S/C18H16N6O4S/c25-17-18(26)20-13-10-11(6-7-12(13)19-17)29(27,28)24-9-3-4-14(24)16-22-21-15-5-1-2-8-23(15)16/h1-2,5-8,10,14H,3-4,9H2,(H,19,25)(H,20,26)/t14-/m1/s1. The van der Waals surface area contributed by atoms with Gasteiger partial charge in [0.1, 0.15) is 0 Å². The minimum absolute atomic E-state index is 0.0356. The molecule has 5 rings (SSSR count). The zero-order valence-electron chi connectivity index (χ0n) is 15.1. The fourth-order valence-electron chi connectivity index (χ4n) is 3.76. The molecule has 3 aromatic heterocycles. The number of H-pyrrole nitrogens is 2. The lowest BCUT2D eigenvalue weighted by Crippen LogP contribution is -2.32. The van der Waals surface area contributed by atoms with Gasteiger partial charge in [0, 0.05) is 12.7 Å². The third-order valence-corrected chi connectivity index (χ3v) is 7.05. The summed E-state index contributed by atoms with van der Waals surface area (Å²) in [5, 5.41) is 8.35. The Morgan fingerprint density at radius 1 is 1.00 bits per heavy atom. The first-order chi connectivity index (χ1) is 13.9. The molecule has 11 heteroatoms. The van der Waals surface area contributed by atoms with E-state index >= 15 is 0 Å². The molecule has 1 aliphatic heterocycles. The van der Waals surface area contributed by atoms with Gasteiger partial charge in [-0.2, -0.15) is 4.31 Å². The molecule has 2 N–H and O–H groups in total. The average Bonchev–Trinajstić information content (AvgIpc) is 3.35. The molecule has 0 radical (unpaired) electrons. The van der Waals surface area contributed by atoms with Gasteiger partial charge in [-0.3, -0.25) is 14.0 Å². The van der Waals surface area contributed by atoms with E-state index < -0.39 is 27.2 Å². The molecule has 10 nitrogen and oxygen atoms in total. The first kappa shape index (κ1) is 17.8. The van der Waals surface area contributed by atoms with Crippen molar-refractivity contribution in [1.82, 2.24) is 28.9 Å². The molecule has 0 unspecified atom stereocenters. The van der Waals surface area contributed by atoms with E-state index in [1.807, 2.05) is 24.4 Å². The predicted molar refractivity (Wildman–Crippen MR) is 104 cm³/mol. The van der Waals surface area contributed by atoms with Crippen LogP contribution < -0.4 is 11.1 Å². The summed E-state index contributed by atoms with van der Waals surface area (Å²) < 4.78 is 30.0. The van der Waals surface area contributed by atoms with Gasteiger partial charge in [-0.05, 0) is 43.2 Å². The van der Waals surface area contributed by atoms with E-state index in [1.54, 1.807) is 4.40 Å². The number of hydrogen-bond acceptors (Lipinski definition) is 6. The van der Waals surface area contributed by atoms with E-state index in [1.165, 1.54) is 22.5 Å². The highest BCUT2D eigenvalue weighted by molar-refractivity contribution is 7.89. The summed E-state index contributed by atoms with van der Waals surface area (Å²) in [4.78, 5) is 27.9. The minimum atomic E-state index is -3.86. The molecule has 0 spiro atoms. The van der Waals surface area contributed by atoms with E-state index in [4.69, 9.17) is 0 Å². The summed E-state index contributed by atoms with van der Waals surface area (Å²) in [6.45, 7) is 0.356. The maximum absolute atomic E-state index is 13.4. The summed E-state index contributed by atoms with van der Waals surface area (Å²) in [5.74, 6) is 0.570. The molecule has 0 saturated carbocycles. The molecule has 4 aromatic rings. The van der Waals surface area contributed by atoms with Gasteiger partial charge >= 0.3 is 11.1 Å². The molecular weight excluding hydrogens is 396 g/mol. The normalized spacial score (nSPS) is 18.0. The van der Waals surface area contributed by atoms with Crippen LogP contribution in [0, 0.1) is 0 Å². The van der Waals surface area contributed by atoms with Crippen LogP contribution in [0.1, 0.15) is 24.7 Å². The average molecular weight is 412 g/mol. The number of nitrogens with zero attached hydrogens (tertiary/aromatic N) is 4. The molecule has 1 saturated heterocycles. The van der Waals surface area contributed by atoms with Crippen molar-refractivity contribution in [2.45, 2.75) is 23.8 Å². The van der Waals surface area contributed by atoms with Crippen LogP contribution in [0.15, 0.2) is 57.1 Å². The molecule has 0 amide bonds. The number of fused-ring (bicyclic) bond motifs is 2. The Hall–Kier alpha value is -3.31. The summed E-state index contributed by atoms with van der Waals surface area (Å²) in [5.41, 5.74) is -0.360. The smallest absolute Gasteiger partial charge is 0.314 e. The highest BCUT2D eigenvalue weighted by Gasteiger charge is 2.38. The zero-order valence-corrected chi connectivity index (χ0v) is 15.9.